The minimum Gasteiger partial charge on any atom is -0.494 e. The van der Waals surface area contributed by atoms with E-state index in [0.717, 1.165) is 0 Å². The molecule has 3 N–H and O–H groups in total. The third-order valence-electron chi connectivity index (χ3n) is 4.98. The number of nitrogens with two attached hydrogens (primary N) is 1. The summed E-state index contributed by atoms with van der Waals surface area (Å²) in [5.74, 6) is -0.259. The maximum atomic E-state index is 13.0. The molecule has 0 aliphatic carbocycles. The Kier molecular flexibility index (Phi) is 6.99. The summed E-state index contributed by atoms with van der Waals surface area (Å²) in [6, 6.07) is 11.7. The fraction of sp³-hybridized carbons (Fsp3) is 0.350. The van der Waals surface area contributed by atoms with Crippen molar-refractivity contribution < 1.29 is 26.4 Å². The lowest BCUT2D eigenvalue weighted by atomic mass is 9.99. The third-order valence-corrected chi connectivity index (χ3v) is 7.79. The molecule has 31 heavy (non-hydrogen) atoms. The second kappa shape index (κ2) is 9.35. The minimum absolute atomic E-state index is 0.0595. The average Bonchev–Trinajstić information content (AvgIpc) is 2.74. The fourth-order valence-corrected chi connectivity index (χ4v) is 5.41. The largest absolute Gasteiger partial charge is 0.494 e. The van der Waals surface area contributed by atoms with Gasteiger partial charge in [-0.2, -0.15) is 4.31 Å². The van der Waals surface area contributed by atoms with Crippen molar-refractivity contribution >= 4 is 31.6 Å². The molecule has 1 fully saturated rings. The highest BCUT2D eigenvalue weighted by Crippen LogP contribution is 2.26. The molecule has 168 valence electrons. The van der Waals surface area contributed by atoms with Crippen LogP contribution in [0.2, 0.25) is 0 Å². The molecule has 1 heterocycles. The fourth-order valence-electron chi connectivity index (χ4n) is 3.37. The van der Waals surface area contributed by atoms with Crippen LogP contribution in [0.1, 0.15) is 19.8 Å². The van der Waals surface area contributed by atoms with Gasteiger partial charge in [0.05, 0.1) is 22.3 Å². The maximum Gasteiger partial charge on any atom is 0.243 e. The van der Waals surface area contributed by atoms with Gasteiger partial charge in [-0.25, -0.2) is 22.0 Å². The molecule has 1 amide bonds. The van der Waals surface area contributed by atoms with Gasteiger partial charge in [-0.3, -0.25) is 4.79 Å². The number of sulfonamides is 2. The third kappa shape index (κ3) is 5.62. The molecule has 3 rings (SSSR count). The number of anilines is 1. The second-order valence-corrected chi connectivity index (χ2v) is 10.7. The van der Waals surface area contributed by atoms with E-state index < -0.39 is 26.0 Å². The number of ether oxygens (including phenoxy) is 1. The number of piperidine rings is 1. The molecular formula is C20H25N3O6S2. The minimum atomic E-state index is -3.82. The summed E-state index contributed by atoms with van der Waals surface area (Å²) >= 11 is 0. The lowest BCUT2D eigenvalue weighted by molar-refractivity contribution is -0.120. The summed E-state index contributed by atoms with van der Waals surface area (Å²) in [6.45, 7) is 2.73. The molecule has 1 atom stereocenters. The van der Waals surface area contributed by atoms with Crippen LogP contribution in [0.4, 0.5) is 5.69 Å². The zero-order valence-electron chi connectivity index (χ0n) is 17.0. The van der Waals surface area contributed by atoms with Crippen LogP contribution in [0, 0.1) is 5.92 Å². The molecule has 0 spiro atoms. The quantitative estimate of drug-likeness (QED) is 0.637. The van der Waals surface area contributed by atoms with E-state index in [9.17, 15) is 21.6 Å². The zero-order chi connectivity index (χ0) is 22.6. The predicted octanol–water partition coefficient (Wildman–Crippen LogP) is 1.77. The molecule has 0 bridgehead atoms. The van der Waals surface area contributed by atoms with Gasteiger partial charge in [0.2, 0.25) is 26.0 Å². The van der Waals surface area contributed by atoms with Crippen molar-refractivity contribution in [3.63, 3.8) is 0 Å². The number of carbonyl (C=O) groups is 1. The first kappa shape index (κ1) is 23.2. The first-order valence-electron chi connectivity index (χ1n) is 9.78. The van der Waals surface area contributed by atoms with Crippen LogP contribution in [-0.4, -0.2) is 46.7 Å². The van der Waals surface area contributed by atoms with Gasteiger partial charge >= 0.3 is 0 Å². The highest BCUT2D eigenvalue weighted by Gasteiger charge is 2.33. The highest BCUT2D eigenvalue weighted by molar-refractivity contribution is 7.89. The molecule has 0 aromatic heterocycles. The normalized spacial score (nSPS) is 17.8. The van der Waals surface area contributed by atoms with Crippen LogP contribution in [0.25, 0.3) is 0 Å². The maximum absolute atomic E-state index is 13.0. The van der Waals surface area contributed by atoms with Gasteiger partial charge in [0.15, 0.2) is 0 Å². The molecule has 9 nitrogen and oxygen atoms in total. The van der Waals surface area contributed by atoms with E-state index in [1.807, 2.05) is 6.92 Å². The van der Waals surface area contributed by atoms with Crippen molar-refractivity contribution in [1.29, 1.82) is 0 Å². The van der Waals surface area contributed by atoms with Crippen LogP contribution in [-0.2, 0) is 24.8 Å². The van der Waals surface area contributed by atoms with E-state index in [-0.39, 0.29) is 22.2 Å². The first-order valence-corrected chi connectivity index (χ1v) is 12.8. The van der Waals surface area contributed by atoms with E-state index in [4.69, 9.17) is 9.88 Å². The molecule has 0 saturated carbocycles. The van der Waals surface area contributed by atoms with Crippen LogP contribution >= 0.6 is 0 Å². The summed E-state index contributed by atoms with van der Waals surface area (Å²) in [7, 11) is -7.56. The van der Waals surface area contributed by atoms with Crippen LogP contribution in [0.15, 0.2) is 58.3 Å². The predicted molar refractivity (Wildman–Crippen MR) is 116 cm³/mol. The number of nitrogens with zero attached hydrogens (tertiary/aromatic N) is 1. The number of rotatable bonds is 7. The Labute approximate surface area is 182 Å². The molecule has 11 heteroatoms. The molecule has 2 aromatic carbocycles. The number of amides is 1. The van der Waals surface area contributed by atoms with E-state index in [2.05, 4.69) is 5.32 Å². The Hall–Kier alpha value is -2.47. The second-order valence-electron chi connectivity index (χ2n) is 7.17. The molecule has 0 radical (unpaired) electrons. The van der Waals surface area contributed by atoms with Gasteiger partial charge in [0, 0.05) is 18.8 Å². The van der Waals surface area contributed by atoms with Gasteiger partial charge in [-0.15, -0.1) is 0 Å². The van der Waals surface area contributed by atoms with Crippen molar-refractivity contribution in [3.8, 4) is 5.75 Å². The van der Waals surface area contributed by atoms with Gasteiger partial charge < -0.3 is 10.1 Å². The lowest BCUT2D eigenvalue weighted by Gasteiger charge is -2.31. The van der Waals surface area contributed by atoms with Crippen LogP contribution in [0.5, 0.6) is 5.75 Å². The van der Waals surface area contributed by atoms with Crippen molar-refractivity contribution in [3.05, 3.63) is 48.5 Å². The van der Waals surface area contributed by atoms with Crippen molar-refractivity contribution in [2.24, 2.45) is 11.1 Å². The van der Waals surface area contributed by atoms with Crippen molar-refractivity contribution in [1.82, 2.24) is 4.31 Å². The Balaban J connectivity index is 1.68. The van der Waals surface area contributed by atoms with Crippen LogP contribution in [0.3, 0.4) is 0 Å². The SMILES string of the molecule is CCOc1ccc(S(=O)(=O)N2CCC[C@H](C(=O)Nc3ccc(S(N)(=O)=O)cc3)C2)cc1. The molecule has 0 unspecified atom stereocenters. The Bertz CT molecular complexity index is 1130. The van der Waals surface area contributed by atoms with Gasteiger partial charge in [0.25, 0.3) is 0 Å². The topological polar surface area (TPSA) is 136 Å². The van der Waals surface area contributed by atoms with Crippen molar-refractivity contribution in [2.45, 2.75) is 29.6 Å². The lowest BCUT2D eigenvalue weighted by Crippen LogP contribution is -2.43. The van der Waals surface area contributed by atoms with Gasteiger partial charge in [-0.05, 0) is 68.3 Å². The number of benzene rings is 2. The van der Waals surface area contributed by atoms with Crippen molar-refractivity contribution in [2.75, 3.05) is 25.0 Å². The average molecular weight is 468 g/mol. The van der Waals surface area contributed by atoms with Gasteiger partial charge in [0.1, 0.15) is 5.75 Å². The summed E-state index contributed by atoms with van der Waals surface area (Å²) in [4.78, 5) is 12.8. The summed E-state index contributed by atoms with van der Waals surface area (Å²) < 4.78 is 55.3. The zero-order valence-corrected chi connectivity index (χ0v) is 18.7. The standard InChI is InChI=1S/C20H25N3O6S2/c1-2-29-17-7-11-19(12-8-17)31(27,28)23-13-3-4-15(14-23)20(24)22-16-5-9-18(10-6-16)30(21,25)26/h5-12,15H,2-4,13-14H2,1H3,(H,22,24)(H2,21,25,26)/t15-/m0/s1. The smallest absolute Gasteiger partial charge is 0.243 e. The molecular weight excluding hydrogens is 442 g/mol. The first-order chi connectivity index (χ1) is 14.6. The van der Waals surface area contributed by atoms with Crippen LogP contribution < -0.4 is 15.2 Å². The molecule has 1 aliphatic heterocycles. The molecule has 1 aliphatic rings. The van der Waals surface area contributed by atoms with Gasteiger partial charge in [-0.1, -0.05) is 0 Å². The number of hydrogen-bond donors (Lipinski definition) is 2. The summed E-state index contributed by atoms with van der Waals surface area (Å²) in [6.07, 6.45) is 1.11. The Morgan fingerprint density at radius 1 is 1.06 bits per heavy atom. The van der Waals surface area contributed by atoms with E-state index in [1.165, 1.54) is 40.7 Å². The Morgan fingerprint density at radius 2 is 1.68 bits per heavy atom. The van der Waals surface area contributed by atoms with E-state index in [1.54, 1.807) is 12.1 Å². The summed E-state index contributed by atoms with van der Waals surface area (Å²) in [5.41, 5.74) is 0.406. The van der Waals surface area contributed by atoms with E-state index >= 15 is 0 Å². The number of nitrogens with one attached hydrogen (secondary N) is 1. The highest BCUT2D eigenvalue weighted by atomic mass is 32.2. The van der Waals surface area contributed by atoms with E-state index in [0.29, 0.717) is 37.4 Å². The molecule has 2 aromatic rings. The summed E-state index contributed by atoms with van der Waals surface area (Å²) in [5, 5.41) is 7.78. The number of hydrogen-bond acceptors (Lipinski definition) is 6. The monoisotopic (exact) mass is 467 g/mol. The number of carbonyl (C=O) groups excluding carboxylic acids is 1. The Morgan fingerprint density at radius 3 is 2.26 bits per heavy atom. The molecule has 1 saturated heterocycles. The number of primary sulfonamides is 1.